The van der Waals surface area contributed by atoms with E-state index < -0.39 is 15.6 Å². The van der Waals surface area contributed by atoms with Crippen LogP contribution in [0.25, 0.3) is 11.5 Å². The lowest BCUT2D eigenvalue weighted by Gasteiger charge is -2.31. The van der Waals surface area contributed by atoms with Crippen LogP contribution in [0.4, 0.5) is 11.6 Å². The van der Waals surface area contributed by atoms with Crippen LogP contribution in [0.15, 0.2) is 40.8 Å². The van der Waals surface area contributed by atoms with Crippen molar-refractivity contribution in [2.24, 2.45) is 17.6 Å². The molecule has 12 heteroatoms. The number of methoxy groups -OCH3 is 1. The number of sulfonamides is 1. The molecule has 0 amide bonds. The predicted molar refractivity (Wildman–Crippen MR) is 165 cm³/mol. The van der Waals surface area contributed by atoms with Crippen molar-refractivity contribution in [3.8, 4) is 11.5 Å². The minimum atomic E-state index is -3.70. The summed E-state index contributed by atoms with van der Waals surface area (Å²) in [5.41, 5.74) is 7.20. The minimum Gasteiger partial charge on any atom is -0.419 e. The summed E-state index contributed by atoms with van der Waals surface area (Å²) in [7, 11) is -2.04. The van der Waals surface area contributed by atoms with Gasteiger partial charge in [-0.3, -0.25) is 0 Å². The highest BCUT2D eigenvalue weighted by atomic mass is 35.5. The van der Waals surface area contributed by atoms with Crippen LogP contribution in [0.1, 0.15) is 57.4 Å². The van der Waals surface area contributed by atoms with E-state index in [0.29, 0.717) is 42.8 Å². The Morgan fingerprint density at radius 3 is 2.50 bits per heavy atom. The molecule has 0 aliphatic heterocycles. The second-order valence-corrected chi connectivity index (χ2v) is 14.3. The third-order valence-electron chi connectivity index (χ3n) is 8.33. The highest BCUT2D eigenvalue weighted by molar-refractivity contribution is 7.92. The molecule has 2 aliphatic rings. The molecule has 5 rings (SSSR count). The molecule has 2 N–H and O–H groups in total. The fourth-order valence-corrected chi connectivity index (χ4v) is 7.32. The molecule has 0 saturated heterocycles. The first-order chi connectivity index (χ1) is 20.0. The zero-order valence-electron chi connectivity index (χ0n) is 24.8. The second-order valence-electron chi connectivity index (χ2n) is 12.1. The lowest BCUT2D eigenvalue weighted by Crippen LogP contribution is -2.39. The van der Waals surface area contributed by atoms with E-state index in [4.69, 9.17) is 31.5 Å². The second kappa shape index (κ2) is 12.5. The van der Waals surface area contributed by atoms with Gasteiger partial charge in [-0.15, -0.1) is 10.2 Å². The van der Waals surface area contributed by atoms with E-state index in [1.54, 1.807) is 7.11 Å². The first-order valence-corrected chi connectivity index (χ1v) is 16.8. The van der Waals surface area contributed by atoms with Crippen LogP contribution in [0.5, 0.6) is 0 Å². The van der Waals surface area contributed by atoms with Crippen LogP contribution in [-0.2, 0) is 26.7 Å². The Bertz CT molecular complexity index is 1480. The molecule has 2 saturated carbocycles. The molecule has 3 aromatic rings. The maximum absolute atomic E-state index is 13.2. The molecule has 2 unspecified atom stereocenters. The number of halogens is 1. The molecule has 0 spiro atoms. The Labute approximate surface area is 253 Å². The Kier molecular flexibility index (Phi) is 9.13. The van der Waals surface area contributed by atoms with E-state index in [1.807, 2.05) is 43.3 Å². The molecule has 2 aromatic heterocycles. The highest BCUT2D eigenvalue weighted by Gasteiger charge is 2.37. The third kappa shape index (κ3) is 6.90. The van der Waals surface area contributed by atoms with Gasteiger partial charge in [-0.2, -0.15) is 0 Å². The monoisotopic (exact) mass is 616 g/mol. The standard InChI is InChI=1S/C30H41ClN6O4S/c1-20-16-22(20)19-36(14-15-40-3)25-17-24(26(31)27(33-25)37(42(4,38)39)23-12-8-9-13-23)28-34-35-29(41-28)30(2,32)18-21-10-6-5-7-11-21/h5-7,10-11,17,20,22-23H,8-9,12-16,18-19,32H2,1-4H3/t20?,22?,30-/m1/s1. The molecule has 0 radical (unpaired) electrons. The molecule has 2 heterocycles. The summed E-state index contributed by atoms with van der Waals surface area (Å²) in [5, 5.41) is 8.80. The van der Waals surface area contributed by atoms with E-state index in [9.17, 15) is 8.42 Å². The predicted octanol–water partition coefficient (Wildman–Crippen LogP) is 5.02. The van der Waals surface area contributed by atoms with Crippen molar-refractivity contribution in [1.29, 1.82) is 0 Å². The number of hydrogen-bond acceptors (Lipinski definition) is 9. The summed E-state index contributed by atoms with van der Waals surface area (Å²) in [6.07, 6.45) is 6.22. The van der Waals surface area contributed by atoms with Crippen LogP contribution in [0.2, 0.25) is 5.02 Å². The molecule has 2 fully saturated rings. The SMILES string of the molecule is COCCN(CC1CC1C)c1cc(-c2nnc([C@](C)(N)Cc3ccccc3)o2)c(Cl)c(N(C2CCCC2)S(C)(=O)=O)n1. The quantitative estimate of drug-likeness (QED) is 0.281. The van der Waals surface area contributed by atoms with Crippen LogP contribution < -0.4 is 14.9 Å². The van der Waals surface area contributed by atoms with Gasteiger partial charge in [0.1, 0.15) is 5.82 Å². The smallest absolute Gasteiger partial charge is 0.249 e. The number of hydrogen-bond donors (Lipinski definition) is 1. The highest BCUT2D eigenvalue weighted by Crippen LogP contribution is 2.43. The van der Waals surface area contributed by atoms with Gasteiger partial charge < -0.3 is 19.8 Å². The summed E-state index contributed by atoms with van der Waals surface area (Å²) in [4.78, 5) is 7.05. The molecule has 42 heavy (non-hydrogen) atoms. The average Bonchev–Trinajstić information content (AvgIpc) is 3.33. The fourth-order valence-electron chi connectivity index (χ4n) is 5.80. The van der Waals surface area contributed by atoms with Gasteiger partial charge >= 0.3 is 0 Å². The van der Waals surface area contributed by atoms with Crippen molar-refractivity contribution < 1.29 is 17.6 Å². The molecule has 3 atom stereocenters. The lowest BCUT2D eigenvalue weighted by molar-refractivity contribution is 0.204. The van der Waals surface area contributed by atoms with Gasteiger partial charge in [0.2, 0.25) is 21.8 Å². The van der Waals surface area contributed by atoms with Crippen LogP contribution in [0, 0.1) is 11.8 Å². The number of anilines is 2. The Morgan fingerprint density at radius 1 is 1.19 bits per heavy atom. The van der Waals surface area contributed by atoms with Crippen LogP contribution in [-0.4, -0.2) is 62.7 Å². The number of nitrogens with two attached hydrogens (primary N) is 1. The summed E-state index contributed by atoms with van der Waals surface area (Å²) in [6, 6.07) is 11.5. The molecule has 10 nitrogen and oxygen atoms in total. The molecule has 1 aromatic carbocycles. The Morgan fingerprint density at radius 2 is 1.88 bits per heavy atom. The topological polar surface area (TPSA) is 128 Å². The number of pyridine rings is 1. The number of rotatable bonds is 13. The minimum absolute atomic E-state index is 0.152. The number of benzene rings is 1. The number of ether oxygens (including phenoxy) is 1. The van der Waals surface area contributed by atoms with Crippen molar-refractivity contribution in [3.05, 3.63) is 52.9 Å². The maximum Gasteiger partial charge on any atom is 0.249 e. The molecule has 0 bridgehead atoms. The number of nitrogens with zero attached hydrogens (tertiary/aromatic N) is 5. The normalized spacial score (nSPS) is 20.4. The van der Waals surface area contributed by atoms with Gasteiger partial charge in [0.25, 0.3) is 0 Å². The summed E-state index contributed by atoms with van der Waals surface area (Å²) >= 11 is 7.03. The number of aromatic nitrogens is 3. The van der Waals surface area contributed by atoms with Crippen molar-refractivity contribution >= 4 is 33.3 Å². The van der Waals surface area contributed by atoms with Gasteiger partial charge in [0, 0.05) is 26.2 Å². The fraction of sp³-hybridized carbons (Fsp3) is 0.567. The van der Waals surface area contributed by atoms with E-state index in [1.165, 1.54) is 10.6 Å². The van der Waals surface area contributed by atoms with Crippen LogP contribution >= 0.6 is 11.6 Å². The van der Waals surface area contributed by atoms with E-state index in [-0.39, 0.29) is 28.7 Å². The largest absolute Gasteiger partial charge is 0.419 e. The van der Waals surface area contributed by atoms with Crippen LogP contribution in [0.3, 0.4) is 0 Å². The van der Waals surface area contributed by atoms with Crippen molar-refractivity contribution in [2.45, 2.75) is 64.0 Å². The average molecular weight is 617 g/mol. The first kappa shape index (κ1) is 30.7. The Balaban J connectivity index is 1.60. The third-order valence-corrected chi connectivity index (χ3v) is 9.89. The summed E-state index contributed by atoms with van der Waals surface area (Å²) in [6.45, 7) is 5.92. The first-order valence-electron chi connectivity index (χ1n) is 14.6. The van der Waals surface area contributed by atoms with Gasteiger partial charge in [0.15, 0.2) is 5.82 Å². The van der Waals surface area contributed by atoms with Gasteiger partial charge in [-0.25, -0.2) is 17.7 Å². The summed E-state index contributed by atoms with van der Waals surface area (Å²) in [5.74, 6) is 2.35. The van der Waals surface area contributed by atoms with Crippen molar-refractivity contribution in [3.63, 3.8) is 0 Å². The zero-order valence-corrected chi connectivity index (χ0v) is 26.4. The van der Waals surface area contributed by atoms with Gasteiger partial charge in [0.05, 0.1) is 29.0 Å². The molecular weight excluding hydrogens is 576 g/mol. The Hall–Kier alpha value is -2.73. The van der Waals surface area contributed by atoms with E-state index in [0.717, 1.165) is 44.2 Å². The molecule has 228 valence electrons. The van der Waals surface area contributed by atoms with E-state index in [2.05, 4.69) is 22.0 Å². The van der Waals surface area contributed by atoms with Gasteiger partial charge in [-0.1, -0.05) is 61.7 Å². The van der Waals surface area contributed by atoms with E-state index >= 15 is 0 Å². The van der Waals surface area contributed by atoms with Crippen molar-refractivity contribution in [1.82, 2.24) is 15.2 Å². The zero-order chi connectivity index (χ0) is 30.1. The van der Waals surface area contributed by atoms with Crippen molar-refractivity contribution in [2.75, 3.05) is 42.3 Å². The molecular formula is C30H41ClN6O4S. The maximum atomic E-state index is 13.2. The lowest BCUT2D eigenvalue weighted by atomic mass is 9.94. The summed E-state index contributed by atoms with van der Waals surface area (Å²) < 4.78 is 39.5. The van der Waals surface area contributed by atoms with Gasteiger partial charge in [-0.05, 0) is 56.1 Å². The molecule has 2 aliphatic carbocycles.